The number of nitrogens with zero attached hydrogens (tertiary/aromatic N) is 1. The van der Waals surface area contributed by atoms with Crippen LogP contribution in [-0.2, 0) is 23.4 Å². The number of rotatable bonds is 14. The van der Waals surface area contributed by atoms with Crippen molar-refractivity contribution in [3.05, 3.63) is 143 Å². The van der Waals surface area contributed by atoms with E-state index in [-0.39, 0.29) is 24.7 Å². The summed E-state index contributed by atoms with van der Waals surface area (Å²) >= 11 is 0. The summed E-state index contributed by atoms with van der Waals surface area (Å²) < 4.78 is 58.9. The van der Waals surface area contributed by atoms with Gasteiger partial charge in [-0.2, -0.15) is 12.7 Å². The second kappa shape index (κ2) is 18.2. The van der Waals surface area contributed by atoms with E-state index in [1.54, 1.807) is 28.1 Å². The third-order valence-electron chi connectivity index (χ3n) is 8.52. The number of amides is 1. The van der Waals surface area contributed by atoms with Gasteiger partial charge in [-0.1, -0.05) is 48.5 Å². The number of furan rings is 2. The number of ether oxygens (including phenoxy) is 4. The van der Waals surface area contributed by atoms with Gasteiger partial charge in [0.05, 0.1) is 14.2 Å². The summed E-state index contributed by atoms with van der Waals surface area (Å²) in [5, 5.41) is 8.94. The van der Waals surface area contributed by atoms with Crippen molar-refractivity contribution in [2.24, 2.45) is 0 Å². The van der Waals surface area contributed by atoms with Crippen LogP contribution in [-0.4, -0.2) is 58.0 Å². The summed E-state index contributed by atoms with van der Waals surface area (Å²) in [6, 6.07) is 33.9. The number of carbonyl (C=O) groups is 2. The number of methoxy groups -OCH3 is 2. The smallest absolute Gasteiger partial charge is 0.371 e. The zero-order valence-corrected chi connectivity index (χ0v) is 32.5. The van der Waals surface area contributed by atoms with Gasteiger partial charge in [0.25, 0.3) is 0 Å². The van der Waals surface area contributed by atoms with Crippen LogP contribution in [0.5, 0.6) is 23.0 Å². The van der Waals surface area contributed by atoms with Gasteiger partial charge in [-0.15, -0.1) is 0 Å². The lowest BCUT2D eigenvalue weighted by Crippen LogP contribution is -2.39. The Bertz CT molecular complexity index is 2350. The van der Waals surface area contributed by atoms with Gasteiger partial charge in [0.15, 0.2) is 5.76 Å². The van der Waals surface area contributed by atoms with Crippen LogP contribution in [0.4, 0.5) is 0 Å². The van der Waals surface area contributed by atoms with Crippen LogP contribution < -0.4 is 23.7 Å². The van der Waals surface area contributed by atoms with Gasteiger partial charge >= 0.3 is 22.1 Å². The zero-order valence-electron chi connectivity index (χ0n) is 31.7. The van der Waals surface area contributed by atoms with E-state index in [1.165, 1.54) is 26.2 Å². The maximum atomic E-state index is 12.2. The first kappa shape index (κ1) is 40.7. The van der Waals surface area contributed by atoms with Gasteiger partial charge in [0, 0.05) is 25.2 Å². The Kier molecular flexibility index (Phi) is 13.2. The molecule has 0 spiro atoms. The Hall–Kier alpha value is -6.51. The van der Waals surface area contributed by atoms with E-state index >= 15 is 0 Å². The van der Waals surface area contributed by atoms with Crippen molar-refractivity contribution in [3.63, 3.8) is 0 Å². The molecule has 14 heteroatoms. The second-order valence-electron chi connectivity index (χ2n) is 12.5. The fraction of sp³-hybridized carbons (Fsp3) is 0.190. The number of carbonyl (C=O) groups excluding carboxylic acids is 1. The molecule has 6 rings (SSSR count). The number of benzene rings is 4. The number of aromatic carboxylic acids is 1. The lowest BCUT2D eigenvalue weighted by atomic mass is 10.1. The lowest BCUT2D eigenvalue weighted by molar-refractivity contribution is 0.0660. The van der Waals surface area contributed by atoms with E-state index in [9.17, 15) is 18.0 Å². The van der Waals surface area contributed by atoms with Crippen LogP contribution in [0.25, 0.3) is 22.3 Å². The van der Waals surface area contributed by atoms with Crippen LogP contribution in [0.2, 0.25) is 0 Å². The summed E-state index contributed by atoms with van der Waals surface area (Å²) in [6.07, 6.45) is 0. The van der Waals surface area contributed by atoms with Gasteiger partial charge < -0.3 is 32.9 Å². The molecule has 4 aromatic carbocycles. The largest absolute Gasteiger partial charge is 0.497 e. The van der Waals surface area contributed by atoms with Gasteiger partial charge in [0.1, 0.15) is 47.7 Å². The summed E-state index contributed by atoms with van der Waals surface area (Å²) in [6.45, 7) is 3.83. The van der Waals surface area contributed by atoms with E-state index in [1.807, 2.05) is 102 Å². The predicted octanol–water partition coefficient (Wildman–Crippen LogP) is 7.92. The number of aryl methyl sites for hydroxylation is 2. The molecule has 0 fully saturated rings. The molecule has 0 saturated heterocycles. The molecule has 2 N–H and O–H groups in total. The molecule has 0 unspecified atom stereocenters. The van der Waals surface area contributed by atoms with Crippen LogP contribution in [0, 0.1) is 13.8 Å². The number of carboxylic acids is 1. The predicted molar refractivity (Wildman–Crippen MR) is 209 cm³/mol. The van der Waals surface area contributed by atoms with Gasteiger partial charge in [-0.25, -0.2) is 9.52 Å². The van der Waals surface area contributed by atoms with Crippen molar-refractivity contribution in [2.45, 2.75) is 27.1 Å². The summed E-state index contributed by atoms with van der Waals surface area (Å²) in [5.41, 5.74) is 5.62. The summed E-state index contributed by atoms with van der Waals surface area (Å²) in [4.78, 5) is 23.1. The first-order chi connectivity index (χ1) is 26.8. The van der Waals surface area contributed by atoms with E-state index in [0.717, 1.165) is 43.6 Å². The van der Waals surface area contributed by atoms with E-state index in [4.69, 9.17) is 32.9 Å². The number of nitrogens with one attached hydrogen (secondary N) is 1. The number of hydrogen-bond donors (Lipinski definition) is 2. The van der Waals surface area contributed by atoms with Gasteiger partial charge in [0.2, 0.25) is 5.76 Å². The third-order valence-corrected chi connectivity index (χ3v) is 9.93. The normalized spacial score (nSPS) is 11.0. The van der Waals surface area contributed by atoms with Crippen molar-refractivity contribution >= 4 is 22.1 Å². The molecule has 0 aliphatic rings. The molecule has 2 aromatic heterocycles. The van der Waals surface area contributed by atoms with E-state index in [0.29, 0.717) is 28.6 Å². The van der Waals surface area contributed by atoms with E-state index in [2.05, 4.69) is 0 Å². The van der Waals surface area contributed by atoms with Crippen LogP contribution in [0.3, 0.4) is 0 Å². The lowest BCUT2D eigenvalue weighted by Gasteiger charge is -2.10. The summed E-state index contributed by atoms with van der Waals surface area (Å²) in [5.74, 6) is 1.89. The zero-order chi connectivity index (χ0) is 40.4. The average molecular weight is 783 g/mol. The van der Waals surface area contributed by atoms with Crippen LogP contribution in [0.1, 0.15) is 43.8 Å². The Balaban J connectivity index is 0.000000219. The molecule has 0 atom stereocenters. The molecule has 1 amide bonds. The molecule has 6 aromatic rings. The van der Waals surface area contributed by atoms with Crippen LogP contribution in [0.15, 0.2) is 118 Å². The maximum Gasteiger partial charge on any atom is 0.371 e. The Morgan fingerprint density at radius 1 is 0.607 bits per heavy atom. The van der Waals surface area contributed by atoms with Gasteiger partial charge in [-0.05, 0) is 96.8 Å². The minimum atomic E-state index is -3.90. The van der Waals surface area contributed by atoms with Crippen molar-refractivity contribution < 1.29 is 50.9 Å². The molecule has 0 radical (unpaired) electrons. The third kappa shape index (κ3) is 10.6. The first-order valence-electron chi connectivity index (χ1n) is 17.2. The first-order valence-corrected chi connectivity index (χ1v) is 18.6. The van der Waals surface area contributed by atoms with Crippen molar-refractivity contribution in [2.75, 3.05) is 28.3 Å². The quantitative estimate of drug-likeness (QED) is 0.110. The Morgan fingerprint density at radius 2 is 0.946 bits per heavy atom. The number of carboxylic acid groups (broad SMARTS) is 1. The molecular formula is C42H42N2O11S. The molecule has 0 bridgehead atoms. The minimum absolute atomic E-state index is 0.0778. The minimum Gasteiger partial charge on any atom is -0.497 e. The molecule has 56 heavy (non-hydrogen) atoms. The monoisotopic (exact) mass is 782 g/mol. The molecule has 13 nitrogen and oxygen atoms in total. The Morgan fingerprint density at radius 3 is 1.27 bits per heavy atom. The SMILES string of the molecule is COc1ccc(-c2ccc(OCc3cc(C(=O)NS(=O)(=O)N(C)C)oc3C)cc2)cc1.COc1ccc(-c2ccc(OCc3cc(C(=O)O)oc3C)cc2)cc1. The standard InChI is InChI=1S/C22H24N2O6S.C20H18O5/c1-15-18(13-21(30-15)22(25)23-31(26,27)24(2)3)14-29-20-11-7-17(8-12-20)16-5-9-19(28-4)10-6-16;1-13-16(11-19(25-13)20(21)22)12-24-18-9-5-15(6-10-18)14-3-7-17(23-2)8-4-14/h5-13H,14H2,1-4H3,(H,23,25);3-11H,12H2,1-2H3,(H,21,22). The van der Waals surface area contributed by atoms with Crippen LogP contribution >= 0.6 is 0 Å². The molecule has 2 heterocycles. The topological polar surface area (TPSA) is 167 Å². The molecule has 0 aliphatic heterocycles. The fourth-order valence-electron chi connectivity index (χ4n) is 5.18. The van der Waals surface area contributed by atoms with E-state index < -0.39 is 22.1 Å². The number of hydrogen-bond acceptors (Lipinski definition) is 10. The fourth-order valence-corrected chi connectivity index (χ4v) is 5.70. The molecule has 292 valence electrons. The average Bonchev–Trinajstić information content (AvgIpc) is 3.78. The highest BCUT2D eigenvalue weighted by atomic mass is 32.2. The highest BCUT2D eigenvalue weighted by Crippen LogP contribution is 2.27. The molecular weight excluding hydrogens is 741 g/mol. The molecule has 0 saturated carbocycles. The van der Waals surface area contributed by atoms with Crippen molar-refractivity contribution in [1.29, 1.82) is 0 Å². The Labute approximate surface area is 325 Å². The highest BCUT2D eigenvalue weighted by molar-refractivity contribution is 7.87. The summed E-state index contributed by atoms with van der Waals surface area (Å²) in [7, 11) is 2.01. The van der Waals surface area contributed by atoms with Crippen molar-refractivity contribution in [1.82, 2.24) is 9.03 Å². The second-order valence-corrected chi connectivity index (χ2v) is 14.4. The van der Waals surface area contributed by atoms with Crippen molar-refractivity contribution in [3.8, 4) is 45.3 Å². The van der Waals surface area contributed by atoms with Gasteiger partial charge in [-0.3, -0.25) is 4.79 Å². The highest BCUT2D eigenvalue weighted by Gasteiger charge is 2.22. The maximum absolute atomic E-state index is 12.2. The molecule has 0 aliphatic carbocycles.